The maximum atomic E-state index is 11.9. The molecule has 1 N–H and O–H groups in total. The number of hydrogen-bond acceptors (Lipinski definition) is 3. The van der Waals surface area contributed by atoms with Crippen molar-refractivity contribution in [3.63, 3.8) is 0 Å². The average molecular weight is 301 g/mol. The first-order chi connectivity index (χ1) is 10.1. The molecule has 0 aliphatic carbocycles. The Balaban J connectivity index is 2.00. The lowest BCUT2D eigenvalue weighted by Crippen LogP contribution is -2.20. The van der Waals surface area contributed by atoms with Crippen LogP contribution in [-0.4, -0.2) is 12.5 Å². The average Bonchev–Trinajstić information content (AvgIpc) is 2.50. The molecular formula is C16H13ClN2O2. The molecule has 0 aliphatic rings. The standard InChI is InChI=1S/C16H13ClN2O2/c1-11-13(17)6-4-7-14(11)19-16(20)10-21-15-8-3-2-5-12(15)9-18/h2-8H,10H2,1H3,(H,19,20). The van der Waals surface area contributed by atoms with Crippen molar-refractivity contribution in [1.82, 2.24) is 0 Å². The van der Waals surface area contributed by atoms with Crippen LogP contribution in [0.5, 0.6) is 5.75 Å². The van der Waals surface area contributed by atoms with E-state index in [0.29, 0.717) is 22.0 Å². The van der Waals surface area contributed by atoms with Crippen LogP contribution in [0.2, 0.25) is 5.02 Å². The van der Waals surface area contributed by atoms with Crippen LogP contribution in [0, 0.1) is 18.3 Å². The lowest BCUT2D eigenvalue weighted by molar-refractivity contribution is -0.118. The van der Waals surface area contributed by atoms with Crippen molar-refractivity contribution >= 4 is 23.2 Å². The fraction of sp³-hybridized carbons (Fsp3) is 0.125. The number of carbonyl (C=O) groups excluding carboxylic acids is 1. The minimum absolute atomic E-state index is 0.176. The predicted molar refractivity (Wildman–Crippen MR) is 81.5 cm³/mol. The minimum atomic E-state index is -0.312. The zero-order chi connectivity index (χ0) is 15.2. The first-order valence-electron chi connectivity index (χ1n) is 6.28. The third-order valence-electron chi connectivity index (χ3n) is 2.91. The maximum absolute atomic E-state index is 11.9. The molecule has 0 saturated heterocycles. The van der Waals surface area contributed by atoms with Gasteiger partial charge in [-0.25, -0.2) is 0 Å². The van der Waals surface area contributed by atoms with Gasteiger partial charge in [-0.1, -0.05) is 29.8 Å². The van der Waals surface area contributed by atoms with Crippen molar-refractivity contribution in [3.05, 3.63) is 58.6 Å². The van der Waals surface area contributed by atoms with Crippen LogP contribution in [0.25, 0.3) is 0 Å². The third-order valence-corrected chi connectivity index (χ3v) is 3.32. The monoisotopic (exact) mass is 300 g/mol. The number of nitrogens with one attached hydrogen (secondary N) is 1. The molecule has 5 heteroatoms. The number of anilines is 1. The Morgan fingerprint density at radius 1 is 1.29 bits per heavy atom. The molecule has 0 atom stereocenters. The lowest BCUT2D eigenvalue weighted by atomic mass is 10.2. The van der Waals surface area contributed by atoms with Crippen molar-refractivity contribution in [2.75, 3.05) is 11.9 Å². The summed E-state index contributed by atoms with van der Waals surface area (Å²) in [5.41, 5.74) is 1.83. The summed E-state index contributed by atoms with van der Waals surface area (Å²) in [6.45, 7) is 1.65. The normalized spacial score (nSPS) is 9.76. The Morgan fingerprint density at radius 3 is 2.81 bits per heavy atom. The van der Waals surface area contributed by atoms with Crippen molar-refractivity contribution in [1.29, 1.82) is 5.26 Å². The molecule has 0 bridgehead atoms. The van der Waals surface area contributed by atoms with E-state index < -0.39 is 0 Å². The van der Waals surface area contributed by atoms with Gasteiger partial charge in [0, 0.05) is 10.7 Å². The Bertz CT molecular complexity index is 708. The summed E-state index contributed by atoms with van der Waals surface area (Å²) in [4.78, 5) is 11.9. The molecular weight excluding hydrogens is 288 g/mol. The zero-order valence-electron chi connectivity index (χ0n) is 11.4. The van der Waals surface area contributed by atoms with E-state index in [1.165, 1.54) is 0 Å². The fourth-order valence-electron chi connectivity index (χ4n) is 1.76. The van der Waals surface area contributed by atoms with Crippen LogP contribution in [-0.2, 0) is 4.79 Å². The van der Waals surface area contributed by atoms with E-state index in [0.717, 1.165) is 5.56 Å². The topological polar surface area (TPSA) is 62.1 Å². The zero-order valence-corrected chi connectivity index (χ0v) is 12.1. The molecule has 0 aliphatic heterocycles. The molecule has 2 aromatic carbocycles. The quantitative estimate of drug-likeness (QED) is 0.939. The Hall–Kier alpha value is -2.51. The van der Waals surface area contributed by atoms with Crippen LogP contribution in [0.1, 0.15) is 11.1 Å². The molecule has 0 saturated carbocycles. The van der Waals surface area contributed by atoms with E-state index in [1.54, 1.807) is 42.5 Å². The fourth-order valence-corrected chi connectivity index (χ4v) is 1.93. The second-order valence-electron chi connectivity index (χ2n) is 4.36. The number of para-hydroxylation sites is 1. The molecule has 2 aromatic rings. The van der Waals surface area contributed by atoms with Crippen molar-refractivity contribution in [2.24, 2.45) is 0 Å². The first kappa shape index (κ1) is 14.9. The Kier molecular flexibility index (Phi) is 4.81. The number of halogens is 1. The molecule has 0 aromatic heterocycles. The molecule has 2 rings (SSSR count). The van der Waals surface area contributed by atoms with Gasteiger partial charge in [-0.3, -0.25) is 4.79 Å². The van der Waals surface area contributed by atoms with Crippen molar-refractivity contribution in [2.45, 2.75) is 6.92 Å². The highest BCUT2D eigenvalue weighted by Crippen LogP contribution is 2.23. The van der Waals surface area contributed by atoms with E-state index in [9.17, 15) is 4.79 Å². The Labute approximate surface area is 127 Å². The van der Waals surface area contributed by atoms with E-state index in [1.807, 2.05) is 13.0 Å². The van der Waals surface area contributed by atoms with Gasteiger partial charge in [0.25, 0.3) is 5.91 Å². The summed E-state index contributed by atoms with van der Waals surface area (Å²) in [5.74, 6) is 0.0751. The number of rotatable bonds is 4. The van der Waals surface area contributed by atoms with Gasteiger partial charge >= 0.3 is 0 Å². The number of benzene rings is 2. The Morgan fingerprint density at radius 2 is 2.05 bits per heavy atom. The number of amides is 1. The van der Waals surface area contributed by atoms with E-state index >= 15 is 0 Å². The smallest absolute Gasteiger partial charge is 0.262 e. The van der Waals surface area contributed by atoms with Crippen molar-refractivity contribution in [3.8, 4) is 11.8 Å². The molecule has 0 unspecified atom stereocenters. The number of ether oxygens (including phenoxy) is 1. The molecule has 0 radical (unpaired) electrons. The van der Waals surface area contributed by atoms with Gasteiger partial charge in [-0.2, -0.15) is 5.26 Å². The van der Waals surface area contributed by atoms with E-state index in [4.69, 9.17) is 21.6 Å². The van der Waals surface area contributed by atoms with Crippen LogP contribution in [0.4, 0.5) is 5.69 Å². The van der Waals surface area contributed by atoms with Crippen LogP contribution in [0.15, 0.2) is 42.5 Å². The van der Waals surface area contributed by atoms with E-state index in [2.05, 4.69) is 5.32 Å². The van der Waals surface area contributed by atoms with Gasteiger partial charge in [0.15, 0.2) is 6.61 Å². The summed E-state index contributed by atoms with van der Waals surface area (Å²) >= 11 is 5.99. The number of nitriles is 1. The van der Waals surface area contributed by atoms with Crippen LogP contribution < -0.4 is 10.1 Å². The summed E-state index contributed by atoms with van der Waals surface area (Å²) in [6.07, 6.45) is 0. The van der Waals surface area contributed by atoms with Gasteiger partial charge in [-0.15, -0.1) is 0 Å². The highest BCUT2D eigenvalue weighted by Gasteiger charge is 2.09. The van der Waals surface area contributed by atoms with Gasteiger partial charge in [0.1, 0.15) is 11.8 Å². The highest BCUT2D eigenvalue weighted by molar-refractivity contribution is 6.31. The summed E-state index contributed by atoms with van der Waals surface area (Å²) in [7, 11) is 0. The maximum Gasteiger partial charge on any atom is 0.262 e. The largest absolute Gasteiger partial charge is 0.482 e. The number of carbonyl (C=O) groups is 1. The second kappa shape index (κ2) is 6.78. The lowest BCUT2D eigenvalue weighted by Gasteiger charge is -2.11. The SMILES string of the molecule is Cc1c(Cl)cccc1NC(=O)COc1ccccc1C#N. The predicted octanol–water partition coefficient (Wildman–Crippen LogP) is 3.54. The van der Waals surface area contributed by atoms with Gasteiger partial charge in [0.2, 0.25) is 0 Å². The molecule has 1 amide bonds. The van der Waals surface area contributed by atoms with E-state index in [-0.39, 0.29) is 12.5 Å². The molecule has 106 valence electrons. The summed E-state index contributed by atoms with van der Waals surface area (Å²) < 4.78 is 5.36. The highest BCUT2D eigenvalue weighted by atomic mass is 35.5. The molecule has 0 fully saturated rings. The van der Waals surface area contributed by atoms with Crippen LogP contribution >= 0.6 is 11.6 Å². The van der Waals surface area contributed by atoms with Gasteiger partial charge in [-0.05, 0) is 36.8 Å². The van der Waals surface area contributed by atoms with Gasteiger partial charge in [0.05, 0.1) is 5.56 Å². The molecule has 0 spiro atoms. The number of nitrogens with zero attached hydrogens (tertiary/aromatic N) is 1. The summed E-state index contributed by atoms with van der Waals surface area (Å²) in [6, 6.07) is 14.1. The number of hydrogen-bond donors (Lipinski definition) is 1. The first-order valence-corrected chi connectivity index (χ1v) is 6.66. The minimum Gasteiger partial charge on any atom is -0.482 e. The molecule has 4 nitrogen and oxygen atoms in total. The van der Waals surface area contributed by atoms with Gasteiger partial charge < -0.3 is 10.1 Å². The summed E-state index contributed by atoms with van der Waals surface area (Å²) in [5, 5.41) is 12.3. The van der Waals surface area contributed by atoms with Crippen molar-refractivity contribution < 1.29 is 9.53 Å². The third kappa shape index (κ3) is 3.74. The van der Waals surface area contributed by atoms with Crippen LogP contribution in [0.3, 0.4) is 0 Å². The molecule has 0 heterocycles. The molecule has 21 heavy (non-hydrogen) atoms. The second-order valence-corrected chi connectivity index (χ2v) is 4.76.